The molecule has 0 saturated heterocycles. The molecule has 1 fully saturated rings. The van der Waals surface area contributed by atoms with Crippen LogP contribution < -0.4 is 0 Å². The van der Waals surface area contributed by atoms with Crippen molar-refractivity contribution in [2.75, 3.05) is 0 Å². The van der Waals surface area contributed by atoms with Crippen LogP contribution in [0.25, 0.3) is 10.8 Å². The molecule has 2 heteroatoms. The summed E-state index contributed by atoms with van der Waals surface area (Å²) in [5, 5.41) is 2.67. The Morgan fingerprint density at radius 1 is 1.05 bits per heavy atom. The van der Waals surface area contributed by atoms with Crippen LogP contribution in [0.5, 0.6) is 0 Å². The zero-order valence-corrected chi connectivity index (χ0v) is 12.3. The van der Waals surface area contributed by atoms with E-state index in [0.29, 0.717) is 11.4 Å². The molecule has 104 valence electrons. The highest BCUT2D eigenvalue weighted by Gasteiger charge is 2.18. The molecule has 2 aromatic rings. The second kappa shape index (κ2) is 5.97. The molecule has 0 heterocycles. The second-order valence-electron chi connectivity index (χ2n) is 5.75. The van der Waals surface area contributed by atoms with Crippen molar-refractivity contribution in [3.05, 3.63) is 47.0 Å². The SMILES string of the molecule is O=C(CCC1CCCC1)c1ccc(Cl)c2ccccc12. The van der Waals surface area contributed by atoms with E-state index in [1.807, 2.05) is 36.4 Å². The van der Waals surface area contributed by atoms with Crippen LogP contribution in [0.4, 0.5) is 0 Å². The fourth-order valence-corrected chi connectivity index (χ4v) is 3.50. The molecule has 0 N–H and O–H groups in total. The van der Waals surface area contributed by atoms with Gasteiger partial charge in [-0.25, -0.2) is 0 Å². The zero-order chi connectivity index (χ0) is 13.9. The van der Waals surface area contributed by atoms with Crippen LogP contribution in [0.15, 0.2) is 36.4 Å². The minimum Gasteiger partial charge on any atom is -0.294 e. The van der Waals surface area contributed by atoms with Crippen LogP contribution in [-0.2, 0) is 0 Å². The highest BCUT2D eigenvalue weighted by molar-refractivity contribution is 6.36. The second-order valence-corrected chi connectivity index (χ2v) is 6.16. The van der Waals surface area contributed by atoms with Gasteiger partial charge in [-0.1, -0.05) is 61.5 Å². The quantitative estimate of drug-likeness (QED) is 0.664. The van der Waals surface area contributed by atoms with Gasteiger partial charge in [0.2, 0.25) is 0 Å². The lowest BCUT2D eigenvalue weighted by molar-refractivity contribution is 0.0975. The summed E-state index contributed by atoms with van der Waals surface area (Å²) in [5.41, 5.74) is 0.822. The molecule has 20 heavy (non-hydrogen) atoms. The lowest BCUT2D eigenvalue weighted by Gasteiger charge is -2.10. The fraction of sp³-hybridized carbons (Fsp3) is 0.389. The summed E-state index contributed by atoms with van der Waals surface area (Å²) >= 11 is 6.20. The number of carbonyl (C=O) groups is 1. The van der Waals surface area contributed by atoms with Crippen molar-refractivity contribution >= 4 is 28.2 Å². The number of ketones is 1. The van der Waals surface area contributed by atoms with Gasteiger partial charge >= 0.3 is 0 Å². The van der Waals surface area contributed by atoms with E-state index in [2.05, 4.69) is 0 Å². The van der Waals surface area contributed by atoms with Crippen LogP contribution in [0, 0.1) is 5.92 Å². The number of Topliss-reactive ketones (excluding diaryl/α,β-unsaturated/α-hetero) is 1. The molecule has 1 nitrogen and oxygen atoms in total. The highest BCUT2D eigenvalue weighted by atomic mass is 35.5. The molecule has 0 aliphatic heterocycles. The van der Waals surface area contributed by atoms with Gasteiger partial charge in [-0.05, 0) is 29.9 Å². The third-order valence-electron chi connectivity index (χ3n) is 4.43. The smallest absolute Gasteiger partial charge is 0.163 e. The van der Waals surface area contributed by atoms with Gasteiger partial charge in [0.15, 0.2) is 5.78 Å². The molecule has 1 aliphatic rings. The third kappa shape index (κ3) is 2.73. The maximum absolute atomic E-state index is 12.5. The molecule has 0 radical (unpaired) electrons. The van der Waals surface area contributed by atoms with Gasteiger partial charge in [0.25, 0.3) is 0 Å². The van der Waals surface area contributed by atoms with Crippen LogP contribution in [0.2, 0.25) is 5.02 Å². The van der Waals surface area contributed by atoms with E-state index >= 15 is 0 Å². The number of halogens is 1. The van der Waals surface area contributed by atoms with Crippen LogP contribution >= 0.6 is 11.6 Å². The lowest BCUT2D eigenvalue weighted by Crippen LogP contribution is -2.03. The zero-order valence-electron chi connectivity index (χ0n) is 11.6. The molecule has 0 spiro atoms. The average Bonchev–Trinajstić information content (AvgIpc) is 2.99. The van der Waals surface area contributed by atoms with Gasteiger partial charge in [-0.15, -0.1) is 0 Å². The number of hydrogen-bond acceptors (Lipinski definition) is 1. The molecule has 0 bridgehead atoms. The molecule has 0 amide bonds. The standard InChI is InChI=1S/C18H19ClO/c19-17-11-10-16(14-7-3-4-8-15(14)17)18(20)12-9-13-5-1-2-6-13/h3-4,7-8,10-11,13H,1-2,5-6,9,12H2. The number of fused-ring (bicyclic) bond motifs is 1. The van der Waals surface area contributed by atoms with E-state index in [-0.39, 0.29) is 5.78 Å². The Labute approximate surface area is 124 Å². The lowest BCUT2D eigenvalue weighted by atomic mass is 9.95. The topological polar surface area (TPSA) is 17.1 Å². The van der Waals surface area contributed by atoms with Crippen molar-refractivity contribution in [1.82, 2.24) is 0 Å². The van der Waals surface area contributed by atoms with E-state index in [0.717, 1.165) is 28.7 Å². The van der Waals surface area contributed by atoms with Gasteiger partial charge < -0.3 is 0 Å². The summed E-state index contributed by atoms with van der Waals surface area (Å²) in [7, 11) is 0. The number of hydrogen-bond donors (Lipinski definition) is 0. The Morgan fingerprint density at radius 3 is 2.50 bits per heavy atom. The predicted octanol–water partition coefficient (Wildman–Crippen LogP) is 5.65. The highest BCUT2D eigenvalue weighted by Crippen LogP contribution is 2.31. The number of rotatable bonds is 4. The molecular formula is C18H19ClO. The fourth-order valence-electron chi connectivity index (χ4n) is 3.27. The van der Waals surface area contributed by atoms with Crippen LogP contribution in [-0.4, -0.2) is 5.78 Å². The Balaban J connectivity index is 1.82. The first-order valence-corrected chi connectivity index (χ1v) is 7.84. The monoisotopic (exact) mass is 286 g/mol. The Morgan fingerprint density at radius 2 is 1.75 bits per heavy atom. The molecule has 0 aromatic heterocycles. The number of carbonyl (C=O) groups excluding carboxylic acids is 1. The van der Waals surface area contributed by atoms with Crippen molar-refractivity contribution in [1.29, 1.82) is 0 Å². The first-order valence-electron chi connectivity index (χ1n) is 7.46. The summed E-state index contributed by atoms with van der Waals surface area (Å²) in [6.07, 6.45) is 6.97. The maximum Gasteiger partial charge on any atom is 0.163 e. The van der Waals surface area contributed by atoms with Gasteiger partial charge in [-0.3, -0.25) is 4.79 Å². The Hall–Kier alpha value is -1.34. The van der Waals surface area contributed by atoms with Gasteiger partial charge in [0.1, 0.15) is 0 Å². The summed E-state index contributed by atoms with van der Waals surface area (Å²) in [6.45, 7) is 0. The molecule has 2 aromatic carbocycles. The Kier molecular flexibility index (Phi) is 4.07. The minimum atomic E-state index is 0.254. The molecule has 1 saturated carbocycles. The predicted molar refractivity (Wildman–Crippen MR) is 84.5 cm³/mol. The van der Waals surface area contributed by atoms with Gasteiger partial charge in [0.05, 0.1) is 0 Å². The molecule has 0 unspecified atom stereocenters. The van der Waals surface area contributed by atoms with Crippen molar-refractivity contribution < 1.29 is 4.79 Å². The molecule has 3 rings (SSSR count). The van der Waals surface area contributed by atoms with Crippen molar-refractivity contribution in [2.24, 2.45) is 5.92 Å². The molecule has 0 atom stereocenters. The van der Waals surface area contributed by atoms with Crippen LogP contribution in [0.3, 0.4) is 0 Å². The summed E-state index contributed by atoms with van der Waals surface area (Å²) < 4.78 is 0. The van der Waals surface area contributed by atoms with Gasteiger partial charge in [-0.2, -0.15) is 0 Å². The van der Waals surface area contributed by atoms with E-state index in [1.54, 1.807) is 0 Å². The Bertz CT molecular complexity index is 626. The number of benzene rings is 2. The van der Waals surface area contributed by atoms with E-state index in [4.69, 9.17) is 11.6 Å². The first-order chi connectivity index (χ1) is 9.75. The molecular weight excluding hydrogens is 268 g/mol. The summed E-state index contributed by atoms with van der Waals surface area (Å²) in [4.78, 5) is 12.5. The third-order valence-corrected chi connectivity index (χ3v) is 4.76. The normalized spacial score (nSPS) is 15.8. The average molecular weight is 287 g/mol. The van der Waals surface area contributed by atoms with E-state index in [1.165, 1.54) is 25.7 Å². The first kappa shape index (κ1) is 13.6. The minimum absolute atomic E-state index is 0.254. The molecule has 1 aliphatic carbocycles. The summed E-state index contributed by atoms with van der Waals surface area (Å²) in [6, 6.07) is 11.6. The van der Waals surface area contributed by atoms with E-state index in [9.17, 15) is 4.79 Å². The van der Waals surface area contributed by atoms with E-state index < -0.39 is 0 Å². The largest absolute Gasteiger partial charge is 0.294 e. The van der Waals surface area contributed by atoms with Crippen molar-refractivity contribution in [3.63, 3.8) is 0 Å². The van der Waals surface area contributed by atoms with Crippen LogP contribution in [0.1, 0.15) is 48.9 Å². The summed E-state index contributed by atoms with van der Waals surface area (Å²) in [5.74, 6) is 1.02. The maximum atomic E-state index is 12.5. The van der Waals surface area contributed by atoms with Crippen molar-refractivity contribution in [3.8, 4) is 0 Å². The van der Waals surface area contributed by atoms with Crippen molar-refractivity contribution in [2.45, 2.75) is 38.5 Å². The van der Waals surface area contributed by atoms with Gasteiger partial charge in [0, 0.05) is 22.4 Å².